The maximum absolute atomic E-state index is 13.1. The molecule has 0 N–H and O–H groups in total. The van der Waals surface area contributed by atoms with Gasteiger partial charge in [-0.2, -0.15) is 0 Å². The Morgan fingerprint density at radius 2 is 2.08 bits per heavy atom. The van der Waals surface area contributed by atoms with Crippen molar-refractivity contribution in [3.8, 4) is 5.75 Å². The van der Waals surface area contributed by atoms with Crippen LogP contribution in [0.1, 0.15) is 41.9 Å². The summed E-state index contributed by atoms with van der Waals surface area (Å²) in [5.74, 6) is 0.812. The predicted octanol–water partition coefficient (Wildman–Crippen LogP) is 3.40. The molecule has 0 radical (unpaired) electrons. The zero-order chi connectivity index (χ0) is 17.4. The van der Waals surface area contributed by atoms with E-state index in [4.69, 9.17) is 9.47 Å². The number of hydrogen-bond acceptors (Lipinski definition) is 3. The SMILES string of the molecule is COc1ccc2c(c1)c(C(=O)N(C)CC(C)OC)c(C)n2C1CC1. The molecule has 0 bridgehead atoms. The van der Waals surface area contributed by atoms with E-state index in [0.29, 0.717) is 12.6 Å². The molecule has 2 aromatic rings. The van der Waals surface area contributed by atoms with Gasteiger partial charge in [0.05, 0.1) is 18.8 Å². The maximum Gasteiger partial charge on any atom is 0.256 e. The number of fused-ring (bicyclic) bond motifs is 1. The van der Waals surface area contributed by atoms with Crippen molar-refractivity contribution in [2.24, 2.45) is 0 Å². The van der Waals surface area contributed by atoms with Crippen LogP contribution in [0.2, 0.25) is 0 Å². The highest BCUT2D eigenvalue weighted by molar-refractivity contribution is 6.08. The van der Waals surface area contributed by atoms with E-state index in [1.807, 2.05) is 33.0 Å². The smallest absolute Gasteiger partial charge is 0.256 e. The van der Waals surface area contributed by atoms with Gasteiger partial charge in [0.2, 0.25) is 0 Å². The third kappa shape index (κ3) is 2.88. The molecule has 130 valence electrons. The summed E-state index contributed by atoms with van der Waals surface area (Å²) in [6.07, 6.45) is 2.37. The van der Waals surface area contributed by atoms with Crippen molar-refractivity contribution in [2.45, 2.75) is 38.8 Å². The molecular weight excluding hydrogens is 304 g/mol. The van der Waals surface area contributed by atoms with Crippen LogP contribution >= 0.6 is 0 Å². The molecule has 1 saturated carbocycles. The molecule has 0 saturated heterocycles. The fraction of sp³-hybridized carbons (Fsp3) is 0.526. The van der Waals surface area contributed by atoms with E-state index in [-0.39, 0.29) is 12.0 Å². The normalized spacial score (nSPS) is 15.5. The molecule has 1 aromatic heterocycles. The number of benzene rings is 1. The molecule has 24 heavy (non-hydrogen) atoms. The van der Waals surface area contributed by atoms with Crippen LogP contribution in [0.25, 0.3) is 10.9 Å². The number of carbonyl (C=O) groups excluding carboxylic acids is 1. The number of ether oxygens (including phenoxy) is 2. The van der Waals surface area contributed by atoms with Crippen molar-refractivity contribution in [1.82, 2.24) is 9.47 Å². The van der Waals surface area contributed by atoms with Gasteiger partial charge in [0, 0.05) is 43.3 Å². The predicted molar refractivity (Wildman–Crippen MR) is 94.9 cm³/mol. The highest BCUT2D eigenvalue weighted by Crippen LogP contribution is 2.42. The van der Waals surface area contributed by atoms with Crippen LogP contribution < -0.4 is 4.74 Å². The van der Waals surface area contributed by atoms with Gasteiger partial charge in [-0.15, -0.1) is 0 Å². The van der Waals surface area contributed by atoms with E-state index >= 15 is 0 Å². The van der Waals surface area contributed by atoms with E-state index < -0.39 is 0 Å². The minimum Gasteiger partial charge on any atom is -0.497 e. The molecule has 5 nitrogen and oxygen atoms in total. The summed E-state index contributed by atoms with van der Waals surface area (Å²) in [5, 5.41) is 0.973. The first-order valence-electron chi connectivity index (χ1n) is 8.44. The number of rotatable bonds is 6. The fourth-order valence-electron chi connectivity index (χ4n) is 3.36. The highest BCUT2D eigenvalue weighted by atomic mass is 16.5. The topological polar surface area (TPSA) is 43.7 Å². The summed E-state index contributed by atoms with van der Waals surface area (Å²) < 4.78 is 13.0. The van der Waals surface area contributed by atoms with Crippen molar-refractivity contribution in [3.63, 3.8) is 0 Å². The number of amides is 1. The number of methoxy groups -OCH3 is 2. The van der Waals surface area contributed by atoms with Gasteiger partial charge in [0.25, 0.3) is 5.91 Å². The van der Waals surface area contributed by atoms with Crippen LogP contribution in [0.3, 0.4) is 0 Å². The Bertz CT molecular complexity index is 762. The quantitative estimate of drug-likeness (QED) is 0.815. The Morgan fingerprint density at radius 3 is 2.67 bits per heavy atom. The molecule has 0 aliphatic heterocycles. The van der Waals surface area contributed by atoms with Gasteiger partial charge in [-0.25, -0.2) is 0 Å². The Labute approximate surface area is 143 Å². The number of likely N-dealkylation sites (N-methyl/N-ethyl adjacent to an activating group) is 1. The highest BCUT2D eigenvalue weighted by Gasteiger charge is 2.31. The first-order valence-corrected chi connectivity index (χ1v) is 8.44. The van der Waals surface area contributed by atoms with Crippen molar-refractivity contribution < 1.29 is 14.3 Å². The van der Waals surface area contributed by atoms with E-state index in [9.17, 15) is 4.79 Å². The average molecular weight is 330 g/mol. The van der Waals surface area contributed by atoms with Crippen molar-refractivity contribution in [3.05, 3.63) is 29.5 Å². The zero-order valence-electron chi connectivity index (χ0n) is 15.1. The number of nitrogens with zero attached hydrogens (tertiary/aromatic N) is 2. The van der Waals surface area contributed by atoms with Crippen molar-refractivity contribution in [1.29, 1.82) is 0 Å². The van der Waals surface area contributed by atoms with Gasteiger partial charge in [0.15, 0.2) is 0 Å². The van der Waals surface area contributed by atoms with E-state index in [2.05, 4.69) is 10.6 Å². The van der Waals surface area contributed by atoms with Gasteiger partial charge < -0.3 is 18.9 Å². The third-order valence-electron chi connectivity index (χ3n) is 4.86. The molecule has 1 aromatic carbocycles. The summed E-state index contributed by atoms with van der Waals surface area (Å²) in [7, 11) is 5.15. The second-order valence-corrected chi connectivity index (χ2v) is 6.68. The number of hydrogen-bond donors (Lipinski definition) is 0. The molecule has 0 spiro atoms. The van der Waals surface area contributed by atoms with Crippen molar-refractivity contribution in [2.75, 3.05) is 27.8 Å². The monoisotopic (exact) mass is 330 g/mol. The Kier molecular flexibility index (Phi) is 4.54. The van der Waals surface area contributed by atoms with Gasteiger partial charge in [-0.3, -0.25) is 4.79 Å². The van der Waals surface area contributed by atoms with Gasteiger partial charge >= 0.3 is 0 Å². The summed E-state index contributed by atoms with van der Waals surface area (Å²) in [6.45, 7) is 4.58. The largest absolute Gasteiger partial charge is 0.497 e. The lowest BCUT2D eigenvalue weighted by Crippen LogP contribution is -2.34. The third-order valence-corrected chi connectivity index (χ3v) is 4.86. The molecular formula is C19H26N2O3. The van der Waals surface area contributed by atoms with Crippen LogP contribution in [0.15, 0.2) is 18.2 Å². The molecule has 1 fully saturated rings. The molecule has 3 rings (SSSR count). The van der Waals surface area contributed by atoms with Crippen molar-refractivity contribution >= 4 is 16.8 Å². The van der Waals surface area contributed by atoms with E-state index in [0.717, 1.165) is 27.9 Å². The Morgan fingerprint density at radius 1 is 1.38 bits per heavy atom. The van der Waals surface area contributed by atoms with Crippen LogP contribution in [-0.4, -0.2) is 49.3 Å². The number of carbonyl (C=O) groups is 1. The lowest BCUT2D eigenvalue weighted by atomic mass is 10.1. The number of aromatic nitrogens is 1. The second-order valence-electron chi connectivity index (χ2n) is 6.68. The van der Waals surface area contributed by atoms with Gasteiger partial charge in [-0.05, 0) is 44.9 Å². The standard InChI is InChI=1S/C19H26N2O3/c1-12(23-4)11-20(3)19(22)18-13(2)21(14-6-7-14)17-9-8-15(24-5)10-16(17)18/h8-10,12,14H,6-7,11H2,1-5H3. The van der Waals surface area contributed by atoms with Gasteiger partial charge in [-0.1, -0.05) is 0 Å². The Balaban J connectivity index is 2.08. The first-order chi connectivity index (χ1) is 11.5. The maximum atomic E-state index is 13.1. The summed E-state index contributed by atoms with van der Waals surface area (Å²) in [6, 6.07) is 6.52. The average Bonchev–Trinajstić information content (AvgIpc) is 3.36. The van der Waals surface area contributed by atoms with Gasteiger partial charge in [0.1, 0.15) is 5.75 Å². The van der Waals surface area contributed by atoms with E-state index in [1.165, 1.54) is 12.8 Å². The fourth-order valence-corrected chi connectivity index (χ4v) is 3.36. The summed E-state index contributed by atoms with van der Waals surface area (Å²) in [4.78, 5) is 14.8. The lowest BCUT2D eigenvalue weighted by molar-refractivity contribution is 0.0600. The molecule has 1 amide bonds. The zero-order valence-corrected chi connectivity index (χ0v) is 15.1. The summed E-state index contributed by atoms with van der Waals surface area (Å²) >= 11 is 0. The molecule has 1 aliphatic rings. The van der Waals surface area contributed by atoms with E-state index in [1.54, 1.807) is 19.1 Å². The molecule has 1 heterocycles. The first kappa shape index (κ1) is 16.8. The van der Waals surface area contributed by atoms with Crippen LogP contribution in [0.5, 0.6) is 5.75 Å². The molecule has 1 unspecified atom stereocenters. The summed E-state index contributed by atoms with van der Waals surface area (Å²) in [5.41, 5.74) is 2.94. The lowest BCUT2D eigenvalue weighted by Gasteiger charge is -2.21. The Hall–Kier alpha value is -2.01. The molecule has 1 aliphatic carbocycles. The molecule has 5 heteroatoms. The van der Waals surface area contributed by atoms with Crippen LogP contribution in [0, 0.1) is 6.92 Å². The molecule has 1 atom stereocenters. The minimum atomic E-state index is 0.00516. The second kappa shape index (κ2) is 6.48. The minimum absolute atomic E-state index is 0.00516. The van der Waals surface area contributed by atoms with Crippen LogP contribution in [-0.2, 0) is 4.74 Å². The van der Waals surface area contributed by atoms with Crippen LogP contribution in [0.4, 0.5) is 0 Å².